The van der Waals surface area contributed by atoms with E-state index in [9.17, 15) is 18.8 Å². The Kier molecular flexibility index (Phi) is 4.52. The summed E-state index contributed by atoms with van der Waals surface area (Å²) in [5.74, 6) is 3.19. The fourth-order valence-electron chi connectivity index (χ4n) is 2.80. The zero-order valence-corrected chi connectivity index (χ0v) is 14.7. The number of rotatable bonds is 4. The molecule has 11 nitrogen and oxygen atoms in total. The van der Waals surface area contributed by atoms with E-state index in [2.05, 4.69) is 20.7 Å². The second-order valence-corrected chi connectivity index (χ2v) is 6.08. The number of ether oxygens (including phenoxy) is 1. The van der Waals surface area contributed by atoms with Crippen molar-refractivity contribution in [3.8, 4) is 5.75 Å². The zero-order valence-electron chi connectivity index (χ0n) is 14.7. The first-order chi connectivity index (χ1) is 14.0. The van der Waals surface area contributed by atoms with Gasteiger partial charge in [-0.3, -0.25) is 19.8 Å². The number of carbonyl (C=O) groups excluding carboxylic acids is 3. The predicted molar refractivity (Wildman–Crippen MR) is 96.3 cm³/mol. The summed E-state index contributed by atoms with van der Waals surface area (Å²) < 4.78 is 20.1. The molecule has 0 bridgehead atoms. The Morgan fingerprint density at radius 1 is 1.31 bits per heavy atom. The number of nitrogens with zero attached hydrogens (tertiary/aromatic N) is 3. The summed E-state index contributed by atoms with van der Waals surface area (Å²) in [7, 11) is 0. The van der Waals surface area contributed by atoms with E-state index in [1.54, 1.807) is 18.2 Å². The molecule has 2 aromatic heterocycles. The van der Waals surface area contributed by atoms with Gasteiger partial charge in [-0.25, -0.2) is 19.7 Å². The molecule has 3 aromatic rings. The zero-order chi connectivity index (χ0) is 20.5. The fourth-order valence-corrected chi connectivity index (χ4v) is 2.80. The van der Waals surface area contributed by atoms with Gasteiger partial charge in [-0.15, -0.1) is 0 Å². The third kappa shape index (κ3) is 3.43. The number of nitrogens with two attached hydrogens (primary N) is 1. The molecule has 0 radical (unpaired) electrons. The van der Waals surface area contributed by atoms with Gasteiger partial charge in [0.25, 0.3) is 17.7 Å². The molecule has 4 rings (SSSR count). The van der Waals surface area contributed by atoms with Crippen LogP contribution in [0.2, 0.25) is 0 Å². The number of fused-ring (bicyclic) bond motifs is 2. The maximum Gasteiger partial charge on any atom is 0.283 e. The summed E-state index contributed by atoms with van der Waals surface area (Å²) in [4.78, 5) is 39.8. The molecule has 0 aliphatic carbocycles. The van der Waals surface area contributed by atoms with Crippen molar-refractivity contribution in [2.75, 3.05) is 11.9 Å². The van der Waals surface area contributed by atoms with Crippen LogP contribution in [0.25, 0.3) is 5.65 Å². The van der Waals surface area contributed by atoms with Gasteiger partial charge in [-0.2, -0.15) is 5.10 Å². The van der Waals surface area contributed by atoms with Crippen LogP contribution >= 0.6 is 0 Å². The molecule has 0 atom stereocenters. The van der Waals surface area contributed by atoms with Gasteiger partial charge in [0.05, 0.1) is 11.9 Å². The minimum Gasteiger partial charge on any atom is -0.482 e. The molecule has 0 spiro atoms. The van der Waals surface area contributed by atoms with Gasteiger partial charge in [0.2, 0.25) is 0 Å². The number of carbonyl (C=O) groups is 3. The lowest BCUT2D eigenvalue weighted by atomic mass is 10.1. The number of hydrogen-bond acceptors (Lipinski definition) is 7. The van der Waals surface area contributed by atoms with Crippen molar-refractivity contribution in [3.05, 3.63) is 53.2 Å². The van der Waals surface area contributed by atoms with Crippen molar-refractivity contribution in [3.63, 3.8) is 0 Å². The molecule has 5 N–H and O–H groups in total. The van der Waals surface area contributed by atoms with Crippen LogP contribution in [0.3, 0.4) is 0 Å². The van der Waals surface area contributed by atoms with Crippen LogP contribution in [-0.2, 0) is 11.3 Å². The second-order valence-electron chi connectivity index (χ2n) is 6.08. The largest absolute Gasteiger partial charge is 0.482 e. The van der Waals surface area contributed by atoms with Crippen molar-refractivity contribution in [1.82, 2.24) is 25.3 Å². The molecule has 148 valence electrons. The number of hydrazine groups is 1. The molecule has 0 saturated carbocycles. The molecule has 1 aliphatic rings. The number of anilines is 1. The molecule has 0 fully saturated rings. The average Bonchev–Trinajstić information content (AvgIpc) is 3.11. The highest BCUT2D eigenvalue weighted by Crippen LogP contribution is 2.28. The Morgan fingerprint density at radius 3 is 2.93 bits per heavy atom. The van der Waals surface area contributed by atoms with Gasteiger partial charge in [0.15, 0.2) is 18.1 Å². The van der Waals surface area contributed by atoms with Crippen molar-refractivity contribution in [2.24, 2.45) is 5.84 Å². The van der Waals surface area contributed by atoms with Gasteiger partial charge >= 0.3 is 0 Å². The van der Waals surface area contributed by atoms with E-state index in [4.69, 9.17) is 10.6 Å². The summed E-state index contributed by atoms with van der Waals surface area (Å²) in [6.07, 6.45) is 0.876. The highest BCUT2D eigenvalue weighted by atomic mass is 19.1. The first-order valence-electron chi connectivity index (χ1n) is 8.35. The van der Waals surface area contributed by atoms with Crippen LogP contribution in [0, 0.1) is 5.82 Å². The van der Waals surface area contributed by atoms with Gasteiger partial charge in [0.1, 0.15) is 17.1 Å². The van der Waals surface area contributed by atoms with E-state index in [0.29, 0.717) is 17.0 Å². The van der Waals surface area contributed by atoms with Gasteiger partial charge in [-0.05, 0) is 17.7 Å². The minimum atomic E-state index is -0.795. The Morgan fingerprint density at radius 2 is 2.14 bits per heavy atom. The van der Waals surface area contributed by atoms with Crippen molar-refractivity contribution >= 4 is 29.1 Å². The number of nitrogens with one attached hydrogen (secondary N) is 3. The maximum atomic E-state index is 13.9. The van der Waals surface area contributed by atoms with E-state index < -0.39 is 17.6 Å². The maximum absolute atomic E-state index is 13.9. The van der Waals surface area contributed by atoms with Crippen molar-refractivity contribution < 1.29 is 23.5 Å². The molecule has 3 heterocycles. The standard InChI is InChI=1S/C17H14FN7O4/c18-9-6-21-25-12(17(28)24-19)4-11(23-15(9)25)16(27)20-5-8-1-2-13-10(3-8)22-14(26)7-29-13/h1-4,6H,5,7,19H2,(H,20,27)(H,22,26)(H,24,28). The third-order valence-electron chi connectivity index (χ3n) is 4.16. The Balaban J connectivity index is 1.57. The minimum absolute atomic E-state index is 0.0545. The van der Waals surface area contributed by atoms with Crippen LogP contribution in [0.4, 0.5) is 10.1 Å². The summed E-state index contributed by atoms with van der Waals surface area (Å²) in [6, 6.07) is 6.20. The number of hydrogen-bond donors (Lipinski definition) is 4. The predicted octanol–water partition coefficient (Wildman–Crippen LogP) is -0.267. The quantitative estimate of drug-likeness (QED) is 0.268. The highest BCUT2D eigenvalue weighted by Gasteiger charge is 2.20. The van der Waals surface area contributed by atoms with Crippen LogP contribution in [0.5, 0.6) is 5.75 Å². The van der Waals surface area contributed by atoms with E-state index in [1.165, 1.54) is 0 Å². The number of nitrogen functional groups attached to an aromatic ring is 1. The van der Waals surface area contributed by atoms with Crippen molar-refractivity contribution in [1.29, 1.82) is 0 Å². The van der Waals surface area contributed by atoms with E-state index >= 15 is 0 Å². The van der Waals surface area contributed by atoms with Crippen LogP contribution in [0.1, 0.15) is 26.5 Å². The van der Waals surface area contributed by atoms with E-state index in [-0.39, 0.29) is 36.1 Å². The lowest BCUT2D eigenvalue weighted by molar-refractivity contribution is -0.118. The van der Waals surface area contributed by atoms with Crippen LogP contribution in [-0.4, -0.2) is 38.9 Å². The molecule has 3 amide bonds. The van der Waals surface area contributed by atoms with E-state index in [0.717, 1.165) is 16.8 Å². The highest BCUT2D eigenvalue weighted by molar-refractivity contribution is 5.98. The first kappa shape index (κ1) is 18.3. The van der Waals surface area contributed by atoms with Gasteiger partial charge in [0, 0.05) is 12.6 Å². The number of benzene rings is 1. The van der Waals surface area contributed by atoms with Crippen LogP contribution in [0.15, 0.2) is 30.5 Å². The number of halogens is 1. The summed E-state index contributed by atoms with van der Waals surface area (Å²) in [5.41, 5.74) is 2.46. The molecular weight excluding hydrogens is 385 g/mol. The third-order valence-corrected chi connectivity index (χ3v) is 4.16. The molecule has 0 unspecified atom stereocenters. The van der Waals surface area contributed by atoms with Gasteiger partial charge < -0.3 is 15.4 Å². The lowest BCUT2D eigenvalue weighted by Gasteiger charge is -2.18. The fraction of sp³-hybridized carbons (Fsp3) is 0.118. The van der Waals surface area contributed by atoms with E-state index in [1.807, 2.05) is 5.43 Å². The lowest BCUT2D eigenvalue weighted by Crippen LogP contribution is -2.33. The Bertz CT molecular complexity index is 1160. The molecule has 0 saturated heterocycles. The summed E-state index contributed by atoms with van der Waals surface area (Å²) in [5, 5.41) is 9.01. The molecule has 1 aliphatic heterocycles. The monoisotopic (exact) mass is 399 g/mol. The SMILES string of the molecule is NNC(=O)c1cc(C(=O)NCc2ccc3c(c2)NC(=O)CO3)nc2c(F)cnn12. The average molecular weight is 399 g/mol. The smallest absolute Gasteiger partial charge is 0.283 e. The number of aromatic nitrogens is 3. The molecule has 1 aromatic carbocycles. The summed E-state index contributed by atoms with van der Waals surface area (Å²) >= 11 is 0. The van der Waals surface area contributed by atoms with Gasteiger partial charge in [-0.1, -0.05) is 6.07 Å². The Labute approximate surface area is 162 Å². The topological polar surface area (TPSA) is 153 Å². The van der Waals surface area contributed by atoms with Crippen LogP contribution < -0.4 is 26.6 Å². The molecule has 29 heavy (non-hydrogen) atoms. The normalized spacial score (nSPS) is 12.7. The summed E-state index contributed by atoms with van der Waals surface area (Å²) in [6.45, 7) is 0.0378. The Hall–Kier alpha value is -4.06. The van der Waals surface area contributed by atoms with Crippen molar-refractivity contribution in [2.45, 2.75) is 6.54 Å². The first-order valence-corrected chi connectivity index (χ1v) is 8.35. The second kappa shape index (κ2) is 7.16. The molecular formula is C17H14FN7O4. The number of amides is 3. The molecule has 12 heteroatoms.